The average molecular weight is 337 g/mol. The Morgan fingerprint density at radius 2 is 1.88 bits per heavy atom. The van der Waals surface area contributed by atoms with Crippen LogP contribution in [0.15, 0.2) is 48.8 Å². The van der Waals surface area contributed by atoms with Crippen LogP contribution in [-0.2, 0) is 0 Å². The van der Waals surface area contributed by atoms with E-state index >= 15 is 0 Å². The van der Waals surface area contributed by atoms with Gasteiger partial charge in [0.2, 0.25) is 0 Å². The van der Waals surface area contributed by atoms with Crippen LogP contribution in [0, 0.1) is 0 Å². The van der Waals surface area contributed by atoms with E-state index in [2.05, 4.69) is 15.0 Å². The predicted octanol–water partition coefficient (Wildman–Crippen LogP) is 1.70. The molecule has 2 aromatic heterocycles. The molecule has 0 unspecified atom stereocenters. The maximum atomic E-state index is 12.7. The van der Waals surface area contributed by atoms with Gasteiger partial charge in [0.25, 0.3) is 5.91 Å². The van der Waals surface area contributed by atoms with Gasteiger partial charge in [0.15, 0.2) is 5.65 Å². The summed E-state index contributed by atoms with van der Waals surface area (Å²) in [5, 5.41) is 4.34. The first-order chi connectivity index (χ1) is 12.3. The van der Waals surface area contributed by atoms with Crippen LogP contribution < -0.4 is 9.64 Å². The van der Waals surface area contributed by atoms with Crippen molar-refractivity contribution in [3.8, 4) is 5.75 Å². The van der Waals surface area contributed by atoms with Crippen molar-refractivity contribution in [1.29, 1.82) is 0 Å². The summed E-state index contributed by atoms with van der Waals surface area (Å²) in [5.41, 5.74) is 2.24. The van der Waals surface area contributed by atoms with Crippen molar-refractivity contribution in [2.24, 2.45) is 0 Å². The molecular weight excluding hydrogens is 318 g/mol. The maximum absolute atomic E-state index is 12.7. The molecule has 1 aromatic carbocycles. The van der Waals surface area contributed by atoms with Crippen LogP contribution >= 0.6 is 0 Å². The van der Waals surface area contributed by atoms with E-state index in [1.54, 1.807) is 30.1 Å². The second-order valence-electron chi connectivity index (χ2n) is 5.90. The lowest BCUT2D eigenvalue weighted by Gasteiger charge is -2.36. The zero-order chi connectivity index (χ0) is 17.2. The van der Waals surface area contributed by atoms with E-state index < -0.39 is 0 Å². The molecule has 0 N–H and O–H groups in total. The van der Waals surface area contributed by atoms with Crippen molar-refractivity contribution in [2.75, 3.05) is 38.2 Å². The highest BCUT2D eigenvalue weighted by atomic mass is 16.5. The summed E-state index contributed by atoms with van der Waals surface area (Å²) in [6, 6.07) is 11.5. The molecule has 3 heterocycles. The van der Waals surface area contributed by atoms with E-state index in [4.69, 9.17) is 4.74 Å². The average Bonchev–Trinajstić information content (AvgIpc) is 3.15. The minimum atomic E-state index is -0.0460. The number of carbonyl (C=O) groups is 1. The number of para-hydroxylation sites is 2. The summed E-state index contributed by atoms with van der Waals surface area (Å²) in [7, 11) is 1.68. The van der Waals surface area contributed by atoms with Crippen LogP contribution in [0.5, 0.6) is 5.75 Å². The molecule has 0 aliphatic carbocycles. The SMILES string of the molecule is COc1ccccc1N1CCN(C(=O)c2ccc3nccn3n2)CC1. The Morgan fingerprint density at radius 3 is 2.68 bits per heavy atom. The Balaban J connectivity index is 1.46. The number of rotatable bonds is 3. The molecule has 1 amide bonds. The summed E-state index contributed by atoms with van der Waals surface area (Å²) >= 11 is 0. The van der Waals surface area contributed by atoms with Gasteiger partial charge in [-0.3, -0.25) is 4.79 Å². The Hall–Kier alpha value is -3.09. The molecule has 25 heavy (non-hydrogen) atoms. The molecule has 7 nitrogen and oxygen atoms in total. The smallest absolute Gasteiger partial charge is 0.274 e. The van der Waals surface area contributed by atoms with Crippen molar-refractivity contribution in [2.45, 2.75) is 0 Å². The number of benzene rings is 1. The number of imidazole rings is 1. The number of hydrogen-bond donors (Lipinski definition) is 0. The summed E-state index contributed by atoms with van der Waals surface area (Å²) < 4.78 is 7.06. The van der Waals surface area contributed by atoms with Gasteiger partial charge in [-0.1, -0.05) is 12.1 Å². The first kappa shape index (κ1) is 15.4. The molecular formula is C18H19N5O2. The number of methoxy groups -OCH3 is 1. The highest BCUT2D eigenvalue weighted by Gasteiger charge is 2.24. The van der Waals surface area contributed by atoms with E-state index in [-0.39, 0.29) is 5.91 Å². The Kier molecular flexibility index (Phi) is 3.97. The number of nitrogens with zero attached hydrogens (tertiary/aromatic N) is 5. The third-order valence-corrected chi connectivity index (χ3v) is 4.47. The second kappa shape index (κ2) is 6.43. The van der Waals surface area contributed by atoms with Crippen LogP contribution in [0.1, 0.15) is 10.5 Å². The summed E-state index contributed by atoms with van der Waals surface area (Å²) in [6.45, 7) is 2.83. The number of ether oxygens (including phenoxy) is 1. The quantitative estimate of drug-likeness (QED) is 0.728. The lowest BCUT2D eigenvalue weighted by molar-refractivity contribution is 0.0739. The molecule has 1 aliphatic heterocycles. The summed E-state index contributed by atoms with van der Waals surface area (Å²) in [4.78, 5) is 21.0. The van der Waals surface area contributed by atoms with Crippen molar-refractivity contribution in [3.63, 3.8) is 0 Å². The molecule has 0 atom stereocenters. The molecule has 3 aromatic rings. The molecule has 0 spiro atoms. The number of piperazine rings is 1. The molecule has 128 valence electrons. The zero-order valence-electron chi connectivity index (χ0n) is 14.0. The third-order valence-electron chi connectivity index (χ3n) is 4.47. The van der Waals surface area contributed by atoms with Crippen LogP contribution in [0.3, 0.4) is 0 Å². The van der Waals surface area contributed by atoms with Crippen LogP contribution in [0.4, 0.5) is 5.69 Å². The molecule has 0 saturated carbocycles. The Morgan fingerprint density at radius 1 is 1.08 bits per heavy atom. The minimum Gasteiger partial charge on any atom is -0.495 e. The summed E-state index contributed by atoms with van der Waals surface area (Å²) in [5.74, 6) is 0.810. The standard InChI is InChI=1S/C18H19N5O2/c1-25-16-5-3-2-4-15(16)21-10-12-22(13-11-21)18(24)14-6-7-17-19-8-9-23(17)20-14/h2-9H,10-13H2,1H3. The molecule has 1 fully saturated rings. The summed E-state index contributed by atoms with van der Waals surface area (Å²) in [6.07, 6.45) is 3.41. The van der Waals surface area contributed by atoms with Gasteiger partial charge in [0.1, 0.15) is 11.4 Å². The van der Waals surface area contributed by atoms with Gasteiger partial charge in [-0.2, -0.15) is 5.10 Å². The number of amides is 1. The van der Waals surface area contributed by atoms with Crippen molar-refractivity contribution in [1.82, 2.24) is 19.5 Å². The second-order valence-corrected chi connectivity index (χ2v) is 5.90. The van der Waals surface area contributed by atoms with Crippen LogP contribution in [0.2, 0.25) is 0 Å². The van der Waals surface area contributed by atoms with Crippen molar-refractivity contribution in [3.05, 3.63) is 54.5 Å². The van der Waals surface area contributed by atoms with Gasteiger partial charge < -0.3 is 14.5 Å². The fraction of sp³-hybridized carbons (Fsp3) is 0.278. The van der Waals surface area contributed by atoms with E-state index in [9.17, 15) is 4.79 Å². The van der Waals surface area contributed by atoms with Gasteiger partial charge in [-0.15, -0.1) is 0 Å². The van der Waals surface area contributed by atoms with Gasteiger partial charge in [0, 0.05) is 38.6 Å². The maximum Gasteiger partial charge on any atom is 0.274 e. The zero-order valence-corrected chi connectivity index (χ0v) is 14.0. The highest BCUT2D eigenvalue weighted by Crippen LogP contribution is 2.28. The van der Waals surface area contributed by atoms with Crippen LogP contribution in [0.25, 0.3) is 5.65 Å². The first-order valence-corrected chi connectivity index (χ1v) is 8.24. The van der Waals surface area contributed by atoms with Crippen molar-refractivity contribution < 1.29 is 9.53 Å². The molecule has 1 aliphatic rings. The van der Waals surface area contributed by atoms with Gasteiger partial charge in [-0.05, 0) is 24.3 Å². The molecule has 0 radical (unpaired) electrons. The topological polar surface area (TPSA) is 63.0 Å². The fourth-order valence-electron chi connectivity index (χ4n) is 3.13. The largest absolute Gasteiger partial charge is 0.495 e. The third kappa shape index (κ3) is 2.88. The van der Waals surface area contributed by atoms with Gasteiger partial charge in [-0.25, -0.2) is 9.50 Å². The fourth-order valence-corrected chi connectivity index (χ4v) is 3.13. The minimum absolute atomic E-state index is 0.0460. The van der Waals surface area contributed by atoms with Gasteiger partial charge in [0.05, 0.1) is 12.8 Å². The number of aromatic nitrogens is 3. The monoisotopic (exact) mass is 337 g/mol. The lowest BCUT2D eigenvalue weighted by atomic mass is 10.2. The predicted molar refractivity (Wildman–Crippen MR) is 94.1 cm³/mol. The Bertz CT molecular complexity index is 899. The Labute approximate surface area is 145 Å². The molecule has 4 rings (SSSR count). The van der Waals surface area contributed by atoms with Crippen molar-refractivity contribution >= 4 is 17.2 Å². The molecule has 7 heteroatoms. The lowest BCUT2D eigenvalue weighted by Crippen LogP contribution is -2.49. The highest BCUT2D eigenvalue weighted by molar-refractivity contribution is 5.92. The molecule has 0 bridgehead atoms. The first-order valence-electron chi connectivity index (χ1n) is 8.24. The normalized spacial score (nSPS) is 14.8. The number of carbonyl (C=O) groups excluding carboxylic acids is 1. The van der Waals surface area contributed by atoms with E-state index in [0.717, 1.165) is 30.2 Å². The number of anilines is 1. The van der Waals surface area contributed by atoms with Crippen LogP contribution in [-0.4, -0.2) is 58.7 Å². The number of hydrogen-bond acceptors (Lipinski definition) is 5. The number of fused-ring (bicyclic) bond motifs is 1. The van der Waals surface area contributed by atoms with Gasteiger partial charge >= 0.3 is 0 Å². The van der Waals surface area contributed by atoms with E-state index in [0.29, 0.717) is 18.8 Å². The van der Waals surface area contributed by atoms with E-state index in [1.807, 2.05) is 35.2 Å². The van der Waals surface area contributed by atoms with E-state index in [1.165, 1.54) is 0 Å². The molecule has 1 saturated heterocycles.